The normalized spacial score (nSPS) is 19.6. The number of hydrogen-bond donors (Lipinski definition) is 2. The first kappa shape index (κ1) is 20.0. The molecule has 148 valence electrons. The highest BCUT2D eigenvalue weighted by Crippen LogP contribution is 2.20. The summed E-state index contributed by atoms with van der Waals surface area (Å²) in [5, 5.41) is 4.16. The van der Waals surface area contributed by atoms with Gasteiger partial charge in [0.25, 0.3) is 0 Å². The number of rotatable bonds is 4. The molecular weight excluding hydrogens is 384 g/mol. The average Bonchev–Trinajstić information content (AvgIpc) is 2.69. The summed E-state index contributed by atoms with van der Waals surface area (Å²) in [7, 11) is -3.59. The summed E-state index contributed by atoms with van der Waals surface area (Å²) in [5.74, 6) is -0.577. The van der Waals surface area contributed by atoms with Gasteiger partial charge in [0.15, 0.2) is 5.11 Å². The number of thiocarbonyl (C=S) groups is 1. The number of nitrogens with one attached hydrogen (secondary N) is 1. The molecule has 1 saturated heterocycles. The Balaban J connectivity index is 1.57. The van der Waals surface area contributed by atoms with Gasteiger partial charge in [-0.2, -0.15) is 4.31 Å². The summed E-state index contributed by atoms with van der Waals surface area (Å²) >= 11 is 5.52. The predicted octanol–water partition coefficient (Wildman–Crippen LogP) is 1.30. The Hall–Kier alpha value is -1.71. The maximum absolute atomic E-state index is 12.8. The fraction of sp³-hybridized carbons (Fsp3) is 0.556. The van der Waals surface area contributed by atoms with E-state index in [9.17, 15) is 13.2 Å². The zero-order chi connectivity index (χ0) is 19.4. The van der Waals surface area contributed by atoms with E-state index in [1.807, 2.05) is 4.90 Å². The third-order valence-corrected chi connectivity index (χ3v) is 7.52. The molecule has 0 radical (unpaired) electrons. The first-order valence-electron chi connectivity index (χ1n) is 9.33. The Morgan fingerprint density at radius 3 is 2.19 bits per heavy atom. The van der Waals surface area contributed by atoms with Crippen molar-refractivity contribution >= 4 is 33.3 Å². The number of hydrogen-bond acceptors (Lipinski definition) is 4. The molecule has 1 aliphatic heterocycles. The number of nitrogens with zero attached hydrogens (tertiary/aromatic N) is 2. The number of nitrogens with two attached hydrogens (primary N) is 1. The smallest absolute Gasteiger partial charge is 0.248 e. The van der Waals surface area contributed by atoms with Crippen LogP contribution in [0.15, 0.2) is 29.2 Å². The van der Waals surface area contributed by atoms with Crippen LogP contribution < -0.4 is 11.1 Å². The monoisotopic (exact) mass is 410 g/mol. The topological polar surface area (TPSA) is 95.7 Å². The first-order chi connectivity index (χ1) is 12.9. The summed E-state index contributed by atoms with van der Waals surface area (Å²) in [6.07, 6.45) is 6.06. The van der Waals surface area contributed by atoms with Crippen molar-refractivity contribution in [3.8, 4) is 0 Å². The molecular formula is C18H26N4O3S2. The van der Waals surface area contributed by atoms with Crippen LogP contribution in [-0.4, -0.2) is 60.9 Å². The van der Waals surface area contributed by atoms with Gasteiger partial charge in [-0.05, 0) is 49.3 Å². The molecule has 1 aromatic carbocycles. The molecule has 3 rings (SSSR count). The summed E-state index contributed by atoms with van der Waals surface area (Å²) < 4.78 is 27.1. The van der Waals surface area contributed by atoms with Crippen LogP contribution in [0.3, 0.4) is 0 Å². The number of primary amides is 1. The minimum Gasteiger partial charge on any atom is -0.366 e. The van der Waals surface area contributed by atoms with Crippen LogP contribution in [-0.2, 0) is 10.0 Å². The van der Waals surface area contributed by atoms with Gasteiger partial charge in [0.1, 0.15) is 0 Å². The molecule has 1 aliphatic carbocycles. The van der Waals surface area contributed by atoms with Crippen LogP contribution in [0.2, 0.25) is 0 Å². The van der Waals surface area contributed by atoms with Crippen molar-refractivity contribution in [3.05, 3.63) is 29.8 Å². The summed E-state index contributed by atoms with van der Waals surface area (Å²) in [6, 6.07) is 6.18. The zero-order valence-electron chi connectivity index (χ0n) is 15.3. The van der Waals surface area contributed by atoms with Crippen LogP contribution in [0, 0.1) is 0 Å². The van der Waals surface area contributed by atoms with E-state index >= 15 is 0 Å². The Bertz CT molecular complexity index is 781. The van der Waals surface area contributed by atoms with Crippen LogP contribution in [0.5, 0.6) is 0 Å². The van der Waals surface area contributed by atoms with E-state index in [1.54, 1.807) is 0 Å². The number of carbonyl (C=O) groups is 1. The highest BCUT2D eigenvalue weighted by Gasteiger charge is 2.29. The van der Waals surface area contributed by atoms with E-state index in [0.29, 0.717) is 32.2 Å². The van der Waals surface area contributed by atoms with Crippen molar-refractivity contribution < 1.29 is 13.2 Å². The van der Waals surface area contributed by atoms with Gasteiger partial charge in [-0.15, -0.1) is 0 Å². The maximum atomic E-state index is 12.8. The second-order valence-corrected chi connectivity index (χ2v) is 9.39. The molecule has 3 N–H and O–H groups in total. The lowest BCUT2D eigenvalue weighted by Crippen LogP contribution is -2.54. The minimum atomic E-state index is -3.59. The van der Waals surface area contributed by atoms with Gasteiger partial charge in [0.05, 0.1) is 4.90 Å². The molecule has 0 atom stereocenters. The van der Waals surface area contributed by atoms with E-state index < -0.39 is 15.9 Å². The van der Waals surface area contributed by atoms with Crippen LogP contribution in [0.1, 0.15) is 42.5 Å². The van der Waals surface area contributed by atoms with Gasteiger partial charge in [-0.1, -0.05) is 19.3 Å². The number of carbonyl (C=O) groups excluding carboxylic acids is 1. The minimum absolute atomic E-state index is 0.170. The first-order valence-corrected chi connectivity index (χ1v) is 11.2. The highest BCUT2D eigenvalue weighted by molar-refractivity contribution is 7.89. The lowest BCUT2D eigenvalue weighted by molar-refractivity contribution is 0.1000. The number of amides is 1. The molecule has 2 fully saturated rings. The predicted molar refractivity (Wildman–Crippen MR) is 108 cm³/mol. The molecule has 1 saturated carbocycles. The molecule has 1 heterocycles. The third kappa shape index (κ3) is 4.77. The van der Waals surface area contributed by atoms with Gasteiger partial charge in [0, 0.05) is 37.8 Å². The lowest BCUT2D eigenvalue weighted by atomic mass is 9.96. The second-order valence-electron chi connectivity index (χ2n) is 7.06. The molecule has 0 unspecified atom stereocenters. The quantitative estimate of drug-likeness (QED) is 0.727. The largest absolute Gasteiger partial charge is 0.366 e. The van der Waals surface area contributed by atoms with Crippen molar-refractivity contribution in [2.45, 2.75) is 43.0 Å². The molecule has 0 bridgehead atoms. The Morgan fingerprint density at radius 1 is 1.04 bits per heavy atom. The van der Waals surface area contributed by atoms with Gasteiger partial charge >= 0.3 is 0 Å². The van der Waals surface area contributed by atoms with Gasteiger partial charge in [-0.3, -0.25) is 4.79 Å². The van der Waals surface area contributed by atoms with E-state index in [4.69, 9.17) is 18.0 Å². The molecule has 27 heavy (non-hydrogen) atoms. The second kappa shape index (κ2) is 8.53. The van der Waals surface area contributed by atoms with Crippen molar-refractivity contribution in [2.75, 3.05) is 26.2 Å². The Morgan fingerprint density at radius 2 is 1.63 bits per heavy atom. The third-order valence-electron chi connectivity index (χ3n) is 5.24. The summed E-state index contributed by atoms with van der Waals surface area (Å²) in [5.41, 5.74) is 5.49. The number of benzene rings is 1. The maximum Gasteiger partial charge on any atom is 0.248 e. The molecule has 0 aromatic heterocycles. The van der Waals surface area contributed by atoms with Gasteiger partial charge in [0.2, 0.25) is 15.9 Å². The molecule has 9 heteroatoms. The van der Waals surface area contributed by atoms with E-state index in [-0.39, 0.29) is 10.5 Å². The Kier molecular flexibility index (Phi) is 6.33. The molecule has 0 spiro atoms. The standard InChI is InChI=1S/C18H26N4O3S2/c19-17(23)14-6-8-16(9-7-14)27(24,25)22-12-10-21(11-13-22)18(26)20-15-4-2-1-3-5-15/h6-9,15H,1-5,10-13H2,(H2,19,23)(H,20,26). The van der Waals surface area contributed by atoms with E-state index in [2.05, 4.69) is 5.32 Å². The van der Waals surface area contributed by atoms with E-state index in [0.717, 1.165) is 18.0 Å². The van der Waals surface area contributed by atoms with Crippen LogP contribution in [0.25, 0.3) is 0 Å². The molecule has 1 amide bonds. The van der Waals surface area contributed by atoms with E-state index in [1.165, 1.54) is 47.8 Å². The van der Waals surface area contributed by atoms with Crippen LogP contribution in [0.4, 0.5) is 0 Å². The molecule has 2 aliphatic rings. The van der Waals surface area contributed by atoms with Crippen molar-refractivity contribution in [3.63, 3.8) is 0 Å². The summed E-state index contributed by atoms with van der Waals surface area (Å²) in [4.78, 5) is 13.4. The summed E-state index contributed by atoms with van der Waals surface area (Å²) in [6.45, 7) is 1.90. The number of piperazine rings is 1. The van der Waals surface area contributed by atoms with Gasteiger partial charge < -0.3 is 16.0 Å². The zero-order valence-corrected chi connectivity index (χ0v) is 16.9. The van der Waals surface area contributed by atoms with Crippen molar-refractivity contribution in [2.24, 2.45) is 5.73 Å². The molecule has 1 aromatic rings. The average molecular weight is 411 g/mol. The highest BCUT2D eigenvalue weighted by atomic mass is 32.2. The number of sulfonamides is 1. The Labute approximate surface area is 165 Å². The van der Waals surface area contributed by atoms with Crippen LogP contribution >= 0.6 is 12.2 Å². The van der Waals surface area contributed by atoms with Gasteiger partial charge in [-0.25, -0.2) is 8.42 Å². The lowest BCUT2D eigenvalue weighted by Gasteiger charge is -2.37. The van der Waals surface area contributed by atoms with Crippen molar-refractivity contribution in [1.29, 1.82) is 0 Å². The fourth-order valence-corrected chi connectivity index (χ4v) is 5.36. The van der Waals surface area contributed by atoms with Crippen molar-refractivity contribution in [1.82, 2.24) is 14.5 Å². The SMILES string of the molecule is NC(=O)c1ccc(S(=O)(=O)N2CCN(C(=S)NC3CCCCC3)CC2)cc1. The molecule has 7 nitrogen and oxygen atoms in total. The fourth-order valence-electron chi connectivity index (χ4n) is 3.58.